The Bertz CT molecular complexity index is 1060. The molecule has 0 unspecified atom stereocenters. The smallest absolute Gasteiger partial charge is 0.268 e. The van der Waals surface area contributed by atoms with Crippen LogP contribution in [0.25, 0.3) is 10.9 Å². The van der Waals surface area contributed by atoms with Crippen LogP contribution in [0.2, 0.25) is 5.02 Å². The van der Waals surface area contributed by atoms with E-state index in [0.717, 1.165) is 33.7 Å². The van der Waals surface area contributed by atoms with Crippen molar-refractivity contribution < 1.29 is 4.79 Å². The summed E-state index contributed by atoms with van der Waals surface area (Å²) < 4.78 is 0. The highest BCUT2D eigenvalue weighted by Crippen LogP contribution is 2.37. The molecule has 32 heavy (non-hydrogen) atoms. The third-order valence-electron chi connectivity index (χ3n) is 6.34. The number of fused-ring (bicyclic) bond motifs is 1. The summed E-state index contributed by atoms with van der Waals surface area (Å²) in [5.74, 6) is -0.0457. The molecule has 1 heterocycles. The van der Waals surface area contributed by atoms with E-state index in [2.05, 4.69) is 47.4 Å². The van der Waals surface area contributed by atoms with Gasteiger partial charge < -0.3 is 15.2 Å². The van der Waals surface area contributed by atoms with Gasteiger partial charge in [0.25, 0.3) is 5.91 Å². The van der Waals surface area contributed by atoms with Crippen LogP contribution in [0.1, 0.15) is 54.6 Å². The predicted octanol–water partition coefficient (Wildman–Crippen LogP) is 6.67. The van der Waals surface area contributed by atoms with E-state index in [0.29, 0.717) is 23.3 Å². The topological polar surface area (TPSA) is 48.1 Å². The van der Waals surface area contributed by atoms with E-state index in [4.69, 9.17) is 11.6 Å². The SMILES string of the molecule is Cc1ccc2c(Sc3ccc(Cl)cc3)c(C(=O)NCCCN(C)C3CCCCC3)[nH]c2c1. The second-order valence-corrected chi connectivity index (χ2v) is 10.3. The van der Waals surface area contributed by atoms with Gasteiger partial charge in [-0.15, -0.1) is 0 Å². The Kier molecular flexibility index (Phi) is 7.82. The lowest BCUT2D eigenvalue weighted by atomic mass is 9.94. The Morgan fingerprint density at radius 1 is 1.16 bits per heavy atom. The maximum absolute atomic E-state index is 13.1. The largest absolute Gasteiger partial charge is 0.351 e. The summed E-state index contributed by atoms with van der Waals surface area (Å²) in [6, 6.07) is 14.7. The van der Waals surface area contributed by atoms with Gasteiger partial charge in [-0.05, 0) is 75.7 Å². The maximum atomic E-state index is 13.1. The summed E-state index contributed by atoms with van der Waals surface area (Å²) in [5, 5.41) is 4.91. The highest BCUT2D eigenvalue weighted by molar-refractivity contribution is 7.99. The summed E-state index contributed by atoms with van der Waals surface area (Å²) in [5.41, 5.74) is 2.79. The maximum Gasteiger partial charge on any atom is 0.268 e. The van der Waals surface area contributed by atoms with Gasteiger partial charge in [0.1, 0.15) is 5.69 Å². The highest BCUT2D eigenvalue weighted by Gasteiger charge is 2.20. The fourth-order valence-corrected chi connectivity index (χ4v) is 5.66. The molecule has 1 saturated carbocycles. The lowest BCUT2D eigenvalue weighted by Crippen LogP contribution is -2.36. The van der Waals surface area contributed by atoms with Gasteiger partial charge in [-0.2, -0.15) is 0 Å². The number of hydrogen-bond donors (Lipinski definition) is 2. The van der Waals surface area contributed by atoms with Crippen molar-refractivity contribution >= 4 is 40.2 Å². The van der Waals surface area contributed by atoms with E-state index in [-0.39, 0.29) is 5.91 Å². The Morgan fingerprint density at radius 3 is 2.66 bits per heavy atom. The van der Waals surface area contributed by atoms with Gasteiger partial charge in [-0.25, -0.2) is 0 Å². The fraction of sp³-hybridized carbons (Fsp3) is 0.423. The van der Waals surface area contributed by atoms with Crippen molar-refractivity contribution in [2.45, 2.75) is 61.3 Å². The zero-order chi connectivity index (χ0) is 22.5. The Hall–Kier alpha value is -1.95. The zero-order valence-electron chi connectivity index (χ0n) is 18.9. The molecule has 4 rings (SSSR count). The lowest BCUT2D eigenvalue weighted by molar-refractivity contribution is 0.0943. The average molecular weight is 470 g/mol. The van der Waals surface area contributed by atoms with Crippen molar-refractivity contribution in [1.29, 1.82) is 0 Å². The van der Waals surface area contributed by atoms with Gasteiger partial charge in [0.15, 0.2) is 0 Å². The molecule has 2 aromatic carbocycles. The number of carbonyl (C=O) groups excluding carboxylic acids is 1. The number of amides is 1. The summed E-state index contributed by atoms with van der Waals surface area (Å²) in [4.78, 5) is 21.0. The van der Waals surface area contributed by atoms with Gasteiger partial charge in [0, 0.05) is 33.4 Å². The number of aromatic amines is 1. The first-order valence-electron chi connectivity index (χ1n) is 11.6. The standard InChI is InChI=1S/C26H32ClN3OS/c1-18-9-14-22-23(17-18)29-24(25(22)32-21-12-10-19(27)11-13-21)26(31)28-15-6-16-30(2)20-7-4-3-5-8-20/h9-14,17,20,29H,3-8,15-16H2,1-2H3,(H,28,31). The molecule has 0 atom stereocenters. The second-order valence-electron chi connectivity index (χ2n) is 8.82. The van der Waals surface area contributed by atoms with Crippen LogP contribution in [0.3, 0.4) is 0 Å². The minimum atomic E-state index is -0.0457. The minimum Gasteiger partial charge on any atom is -0.351 e. The van der Waals surface area contributed by atoms with Crippen molar-refractivity contribution in [1.82, 2.24) is 15.2 Å². The first-order valence-corrected chi connectivity index (χ1v) is 12.7. The first kappa shape index (κ1) is 23.2. The van der Waals surface area contributed by atoms with E-state index in [1.165, 1.54) is 37.7 Å². The quantitative estimate of drug-likeness (QED) is 0.362. The Morgan fingerprint density at radius 2 is 1.91 bits per heavy atom. The van der Waals surface area contributed by atoms with Gasteiger partial charge in [-0.1, -0.05) is 54.8 Å². The van der Waals surface area contributed by atoms with Gasteiger partial charge in [-0.3, -0.25) is 4.79 Å². The minimum absolute atomic E-state index is 0.0457. The number of hydrogen-bond acceptors (Lipinski definition) is 3. The van der Waals surface area contributed by atoms with Crippen LogP contribution in [0.4, 0.5) is 0 Å². The molecule has 0 bridgehead atoms. The Labute approximate surface area is 200 Å². The molecule has 1 aromatic heterocycles. The molecule has 1 amide bonds. The van der Waals surface area contributed by atoms with Crippen LogP contribution in [-0.2, 0) is 0 Å². The first-order chi connectivity index (χ1) is 15.5. The molecule has 0 aliphatic heterocycles. The molecule has 0 radical (unpaired) electrons. The van der Waals surface area contributed by atoms with E-state index in [1.54, 1.807) is 11.8 Å². The van der Waals surface area contributed by atoms with Crippen LogP contribution < -0.4 is 5.32 Å². The van der Waals surface area contributed by atoms with E-state index in [9.17, 15) is 4.79 Å². The fourth-order valence-electron chi connectivity index (χ4n) is 4.50. The monoisotopic (exact) mass is 469 g/mol. The van der Waals surface area contributed by atoms with E-state index < -0.39 is 0 Å². The molecule has 4 nitrogen and oxygen atoms in total. The van der Waals surface area contributed by atoms with E-state index >= 15 is 0 Å². The lowest BCUT2D eigenvalue weighted by Gasteiger charge is -2.31. The summed E-state index contributed by atoms with van der Waals surface area (Å²) in [6.45, 7) is 3.76. The molecule has 1 aliphatic carbocycles. The van der Waals surface area contributed by atoms with Crippen molar-refractivity contribution in [2.75, 3.05) is 20.1 Å². The predicted molar refractivity (Wildman–Crippen MR) is 135 cm³/mol. The number of nitrogens with one attached hydrogen (secondary N) is 2. The molecule has 0 saturated heterocycles. The van der Waals surface area contributed by atoms with Crippen LogP contribution in [0.15, 0.2) is 52.3 Å². The van der Waals surface area contributed by atoms with Gasteiger partial charge in [0.05, 0.1) is 4.90 Å². The molecule has 6 heteroatoms. The summed E-state index contributed by atoms with van der Waals surface area (Å²) in [7, 11) is 2.22. The third kappa shape index (κ3) is 5.69. The van der Waals surface area contributed by atoms with Gasteiger partial charge in [0.2, 0.25) is 0 Å². The number of nitrogens with zero attached hydrogens (tertiary/aromatic N) is 1. The number of aromatic nitrogens is 1. The molecule has 0 spiro atoms. The average Bonchev–Trinajstić information content (AvgIpc) is 3.15. The van der Waals surface area contributed by atoms with Crippen LogP contribution >= 0.6 is 23.4 Å². The van der Waals surface area contributed by atoms with Crippen molar-refractivity contribution in [2.24, 2.45) is 0 Å². The highest BCUT2D eigenvalue weighted by atomic mass is 35.5. The molecule has 1 aliphatic rings. The van der Waals surface area contributed by atoms with Crippen molar-refractivity contribution in [3.63, 3.8) is 0 Å². The summed E-state index contributed by atoms with van der Waals surface area (Å²) >= 11 is 7.64. The molecular weight excluding hydrogens is 438 g/mol. The van der Waals surface area contributed by atoms with Crippen LogP contribution in [0, 0.1) is 6.92 Å². The Balaban J connectivity index is 1.43. The third-order valence-corrected chi connectivity index (χ3v) is 7.73. The van der Waals surface area contributed by atoms with Crippen molar-refractivity contribution in [3.05, 3.63) is 58.7 Å². The van der Waals surface area contributed by atoms with E-state index in [1.807, 2.05) is 24.3 Å². The zero-order valence-corrected chi connectivity index (χ0v) is 20.5. The molecule has 1 fully saturated rings. The molecule has 170 valence electrons. The normalized spacial score (nSPS) is 14.9. The molecular formula is C26H32ClN3OS. The summed E-state index contributed by atoms with van der Waals surface area (Å²) in [6.07, 6.45) is 7.64. The van der Waals surface area contributed by atoms with Crippen molar-refractivity contribution in [3.8, 4) is 0 Å². The molecule has 3 aromatic rings. The number of aryl methyl sites for hydroxylation is 1. The second kappa shape index (κ2) is 10.8. The number of H-pyrrole nitrogens is 1. The number of halogens is 1. The van der Waals surface area contributed by atoms with Gasteiger partial charge >= 0.3 is 0 Å². The number of carbonyl (C=O) groups is 1. The van der Waals surface area contributed by atoms with Crippen LogP contribution in [-0.4, -0.2) is 42.0 Å². The number of rotatable bonds is 8. The number of benzene rings is 2. The van der Waals surface area contributed by atoms with Crippen LogP contribution in [0.5, 0.6) is 0 Å². The molecule has 2 N–H and O–H groups in total.